The molecule has 2 rings (SSSR count). The van der Waals surface area contributed by atoms with Gasteiger partial charge in [-0.25, -0.2) is 0 Å². The molecule has 1 aliphatic rings. The Bertz CT molecular complexity index is 383. The molecule has 1 amide bonds. The predicted molar refractivity (Wildman–Crippen MR) is 73.1 cm³/mol. The van der Waals surface area contributed by atoms with Crippen LogP contribution >= 0.6 is 0 Å². The largest absolute Gasteiger partial charge is 0.336 e. The van der Waals surface area contributed by atoms with Crippen LogP contribution in [0.1, 0.15) is 25.8 Å². The predicted octanol–water partition coefficient (Wildman–Crippen LogP) is 2.03. The quantitative estimate of drug-likeness (QED) is 0.881. The van der Waals surface area contributed by atoms with Crippen LogP contribution in [0.4, 0.5) is 0 Å². The summed E-state index contributed by atoms with van der Waals surface area (Å²) in [4.78, 5) is 14.5. The third-order valence-corrected chi connectivity index (χ3v) is 3.51. The fourth-order valence-electron chi connectivity index (χ4n) is 2.40. The Morgan fingerprint density at radius 3 is 2.67 bits per heavy atom. The maximum absolute atomic E-state index is 12.5. The molecule has 3 nitrogen and oxygen atoms in total. The summed E-state index contributed by atoms with van der Waals surface area (Å²) in [5, 5.41) is 3.26. The van der Waals surface area contributed by atoms with Gasteiger partial charge in [-0.3, -0.25) is 4.79 Å². The molecule has 98 valence electrons. The average molecular weight is 246 g/mol. The van der Waals surface area contributed by atoms with E-state index in [9.17, 15) is 4.79 Å². The van der Waals surface area contributed by atoms with Crippen LogP contribution in [-0.2, 0) is 11.3 Å². The van der Waals surface area contributed by atoms with Crippen LogP contribution in [-0.4, -0.2) is 29.9 Å². The minimum Gasteiger partial charge on any atom is -0.336 e. The SMILES string of the molecule is CC(C)N(Cc1ccccc1)C(=O)C1CCNC1. The van der Waals surface area contributed by atoms with Crippen LogP contribution in [0, 0.1) is 5.92 Å². The van der Waals surface area contributed by atoms with Crippen LogP contribution in [0.3, 0.4) is 0 Å². The van der Waals surface area contributed by atoms with E-state index in [-0.39, 0.29) is 12.0 Å². The van der Waals surface area contributed by atoms with Gasteiger partial charge in [0.1, 0.15) is 0 Å². The van der Waals surface area contributed by atoms with Crippen molar-refractivity contribution in [2.75, 3.05) is 13.1 Å². The van der Waals surface area contributed by atoms with Gasteiger partial charge < -0.3 is 10.2 Å². The first-order chi connectivity index (χ1) is 8.68. The average Bonchev–Trinajstić information content (AvgIpc) is 2.90. The summed E-state index contributed by atoms with van der Waals surface area (Å²) in [6.45, 7) is 6.69. The van der Waals surface area contributed by atoms with Crippen molar-refractivity contribution in [1.82, 2.24) is 10.2 Å². The van der Waals surface area contributed by atoms with Crippen LogP contribution < -0.4 is 5.32 Å². The van der Waals surface area contributed by atoms with E-state index in [2.05, 4.69) is 31.3 Å². The normalized spacial score (nSPS) is 19.2. The van der Waals surface area contributed by atoms with Crippen LogP contribution in [0.2, 0.25) is 0 Å². The van der Waals surface area contributed by atoms with E-state index in [1.54, 1.807) is 0 Å². The standard InChI is InChI=1S/C15H22N2O/c1-12(2)17(11-13-6-4-3-5-7-13)15(18)14-8-9-16-10-14/h3-7,12,14,16H,8-11H2,1-2H3. The summed E-state index contributed by atoms with van der Waals surface area (Å²) in [7, 11) is 0. The maximum Gasteiger partial charge on any atom is 0.227 e. The van der Waals surface area contributed by atoms with E-state index < -0.39 is 0 Å². The van der Waals surface area contributed by atoms with Gasteiger partial charge in [-0.2, -0.15) is 0 Å². The molecular formula is C15H22N2O. The summed E-state index contributed by atoms with van der Waals surface area (Å²) in [6, 6.07) is 10.5. The molecule has 1 N–H and O–H groups in total. The van der Waals surface area contributed by atoms with Gasteiger partial charge in [0.05, 0.1) is 5.92 Å². The molecule has 0 aliphatic carbocycles. The molecule has 3 heteroatoms. The van der Waals surface area contributed by atoms with E-state index in [1.165, 1.54) is 5.56 Å². The molecule has 1 aromatic carbocycles. The lowest BCUT2D eigenvalue weighted by Gasteiger charge is -2.29. The molecule has 0 radical (unpaired) electrons. The number of carbonyl (C=O) groups is 1. The molecule has 1 aromatic rings. The van der Waals surface area contributed by atoms with Crippen molar-refractivity contribution < 1.29 is 4.79 Å². The van der Waals surface area contributed by atoms with Crippen molar-refractivity contribution in [1.29, 1.82) is 0 Å². The monoisotopic (exact) mass is 246 g/mol. The van der Waals surface area contributed by atoms with Gasteiger partial charge in [0.25, 0.3) is 0 Å². The number of rotatable bonds is 4. The Labute approximate surface area is 109 Å². The summed E-state index contributed by atoms with van der Waals surface area (Å²) in [5.41, 5.74) is 1.20. The number of nitrogens with one attached hydrogen (secondary N) is 1. The van der Waals surface area contributed by atoms with Gasteiger partial charge in [-0.1, -0.05) is 30.3 Å². The molecule has 1 heterocycles. The third kappa shape index (κ3) is 3.10. The Morgan fingerprint density at radius 2 is 2.11 bits per heavy atom. The zero-order valence-corrected chi connectivity index (χ0v) is 11.2. The van der Waals surface area contributed by atoms with Crippen molar-refractivity contribution in [3.05, 3.63) is 35.9 Å². The van der Waals surface area contributed by atoms with Gasteiger partial charge in [-0.05, 0) is 32.4 Å². The van der Waals surface area contributed by atoms with Crippen LogP contribution in [0.25, 0.3) is 0 Å². The summed E-state index contributed by atoms with van der Waals surface area (Å²) in [5.74, 6) is 0.454. The number of hydrogen-bond acceptors (Lipinski definition) is 2. The molecule has 0 spiro atoms. The first kappa shape index (κ1) is 13.1. The van der Waals surface area contributed by atoms with Crippen molar-refractivity contribution in [3.8, 4) is 0 Å². The molecular weight excluding hydrogens is 224 g/mol. The molecule has 1 unspecified atom stereocenters. The van der Waals surface area contributed by atoms with E-state index >= 15 is 0 Å². The maximum atomic E-state index is 12.5. The minimum atomic E-state index is 0.163. The van der Waals surface area contributed by atoms with Crippen molar-refractivity contribution in [3.63, 3.8) is 0 Å². The second-order valence-electron chi connectivity index (χ2n) is 5.24. The number of benzene rings is 1. The first-order valence-electron chi connectivity index (χ1n) is 6.73. The van der Waals surface area contributed by atoms with Crippen LogP contribution in [0.5, 0.6) is 0 Å². The van der Waals surface area contributed by atoms with Crippen LogP contribution in [0.15, 0.2) is 30.3 Å². The van der Waals surface area contributed by atoms with E-state index in [0.29, 0.717) is 12.5 Å². The highest BCUT2D eigenvalue weighted by Gasteiger charge is 2.28. The molecule has 0 saturated carbocycles. The highest BCUT2D eigenvalue weighted by molar-refractivity contribution is 5.79. The smallest absolute Gasteiger partial charge is 0.227 e. The minimum absolute atomic E-state index is 0.163. The van der Waals surface area contributed by atoms with Gasteiger partial charge >= 0.3 is 0 Å². The third-order valence-electron chi connectivity index (χ3n) is 3.51. The van der Waals surface area contributed by atoms with Gasteiger partial charge in [0.2, 0.25) is 5.91 Å². The number of carbonyl (C=O) groups excluding carboxylic acids is 1. The number of nitrogens with zero attached hydrogens (tertiary/aromatic N) is 1. The molecule has 1 aliphatic heterocycles. The number of amides is 1. The van der Waals surface area contributed by atoms with Crippen molar-refractivity contribution in [2.24, 2.45) is 5.92 Å². The lowest BCUT2D eigenvalue weighted by Crippen LogP contribution is -2.41. The van der Waals surface area contributed by atoms with E-state index in [0.717, 1.165) is 19.5 Å². The van der Waals surface area contributed by atoms with Crippen molar-refractivity contribution in [2.45, 2.75) is 32.9 Å². The van der Waals surface area contributed by atoms with Gasteiger partial charge in [-0.15, -0.1) is 0 Å². The molecule has 1 fully saturated rings. The first-order valence-corrected chi connectivity index (χ1v) is 6.73. The summed E-state index contributed by atoms with van der Waals surface area (Å²) in [6.07, 6.45) is 0.969. The zero-order valence-electron chi connectivity index (χ0n) is 11.2. The second kappa shape index (κ2) is 6.01. The lowest BCUT2D eigenvalue weighted by atomic mass is 10.1. The van der Waals surface area contributed by atoms with Gasteiger partial charge in [0.15, 0.2) is 0 Å². The topological polar surface area (TPSA) is 32.3 Å². The highest BCUT2D eigenvalue weighted by Crippen LogP contribution is 2.16. The Hall–Kier alpha value is -1.35. The second-order valence-corrected chi connectivity index (χ2v) is 5.24. The highest BCUT2D eigenvalue weighted by atomic mass is 16.2. The molecule has 0 bridgehead atoms. The Balaban J connectivity index is 2.06. The van der Waals surface area contributed by atoms with Gasteiger partial charge in [0, 0.05) is 19.1 Å². The molecule has 18 heavy (non-hydrogen) atoms. The Kier molecular flexibility index (Phi) is 4.37. The molecule has 0 aromatic heterocycles. The molecule has 1 saturated heterocycles. The summed E-state index contributed by atoms with van der Waals surface area (Å²) < 4.78 is 0. The summed E-state index contributed by atoms with van der Waals surface area (Å²) >= 11 is 0. The fraction of sp³-hybridized carbons (Fsp3) is 0.533. The lowest BCUT2D eigenvalue weighted by molar-refractivity contribution is -0.137. The number of hydrogen-bond donors (Lipinski definition) is 1. The zero-order chi connectivity index (χ0) is 13.0. The molecule has 1 atom stereocenters. The van der Waals surface area contributed by atoms with E-state index in [4.69, 9.17) is 0 Å². The van der Waals surface area contributed by atoms with Crippen molar-refractivity contribution >= 4 is 5.91 Å². The fourth-order valence-corrected chi connectivity index (χ4v) is 2.40. The Morgan fingerprint density at radius 1 is 1.39 bits per heavy atom. The van der Waals surface area contributed by atoms with E-state index in [1.807, 2.05) is 23.1 Å².